The summed E-state index contributed by atoms with van der Waals surface area (Å²) < 4.78 is 27.6. The first kappa shape index (κ1) is 16.1. The average Bonchev–Trinajstić information content (AvgIpc) is 2.26. The van der Waals surface area contributed by atoms with Crippen molar-refractivity contribution < 1.29 is 13.5 Å². The summed E-state index contributed by atoms with van der Waals surface area (Å²) in [6, 6.07) is 3.70. The van der Waals surface area contributed by atoms with E-state index < -0.39 is 15.6 Å². The van der Waals surface area contributed by atoms with Crippen LogP contribution in [0.4, 0.5) is 0 Å². The van der Waals surface area contributed by atoms with Gasteiger partial charge in [-0.2, -0.15) is 0 Å². The normalized spacial score (nSPS) is 15.3. The maximum Gasteiger partial charge on any atom is 0.241 e. The van der Waals surface area contributed by atoms with E-state index in [2.05, 4.69) is 4.72 Å². The summed E-state index contributed by atoms with van der Waals surface area (Å²) in [7, 11) is -3.63. The number of aliphatic hydroxyl groups excluding tert-OH is 1. The van der Waals surface area contributed by atoms with Gasteiger partial charge in [-0.05, 0) is 45.2 Å². The zero-order valence-electron chi connectivity index (χ0n) is 12.2. The van der Waals surface area contributed by atoms with E-state index in [1.165, 1.54) is 0 Å². The highest BCUT2D eigenvalue weighted by Crippen LogP contribution is 2.23. The standard InChI is InChI=1S/C14H23NO3S/c1-6-14(5,9-16)15-19(17,18)13-11(3)7-10(2)8-12(13)4/h7-8,15-16H,6,9H2,1-5H3. The maximum absolute atomic E-state index is 12.5. The first-order valence-electron chi connectivity index (χ1n) is 6.38. The summed E-state index contributed by atoms with van der Waals surface area (Å²) in [6.45, 7) is 8.82. The van der Waals surface area contributed by atoms with Crippen LogP contribution in [0.5, 0.6) is 0 Å². The van der Waals surface area contributed by atoms with Crippen molar-refractivity contribution in [1.82, 2.24) is 4.72 Å². The third-order valence-electron chi connectivity index (χ3n) is 3.38. The van der Waals surface area contributed by atoms with Crippen molar-refractivity contribution in [3.8, 4) is 0 Å². The van der Waals surface area contributed by atoms with Gasteiger partial charge in [0.05, 0.1) is 17.0 Å². The second-order valence-corrected chi connectivity index (χ2v) is 7.02. The lowest BCUT2D eigenvalue weighted by Crippen LogP contribution is -2.48. The van der Waals surface area contributed by atoms with Crippen LogP contribution < -0.4 is 4.72 Å². The molecule has 0 spiro atoms. The van der Waals surface area contributed by atoms with Crippen molar-refractivity contribution in [2.45, 2.75) is 51.5 Å². The van der Waals surface area contributed by atoms with Gasteiger partial charge in [0.25, 0.3) is 0 Å². The zero-order chi connectivity index (χ0) is 14.8. The van der Waals surface area contributed by atoms with E-state index >= 15 is 0 Å². The molecule has 0 amide bonds. The Hall–Kier alpha value is -0.910. The van der Waals surface area contributed by atoms with Gasteiger partial charge < -0.3 is 5.11 Å². The molecule has 2 N–H and O–H groups in total. The molecule has 1 rings (SSSR count). The second kappa shape index (κ2) is 5.61. The smallest absolute Gasteiger partial charge is 0.241 e. The number of hydrogen-bond donors (Lipinski definition) is 2. The van der Waals surface area contributed by atoms with Crippen LogP contribution in [0.2, 0.25) is 0 Å². The summed E-state index contributed by atoms with van der Waals surface area (Å²) in [5, 5.41) is 9.35. The summed E-state index contributed by atoms with van der Waals surface area (Å²) in [5.74, 6) is 0. The molecule has 19 heavy (non-hydrogen) atoms. The lowest BCUT2D eigenvalue weighted by atomic mass is 10.0. The number of benzene rings is 1. The fraction of sp³-hybridized carbons (Fsp3) is 0.571. The Morgan fingerprint density at radius 2 is 1.68 bits per heavy atom. The van der Waals surface area contributed by atoms with Gasteiger partial charge in [0.15, 0.2) is 0 Å². The number of aliphatic hydroxyl groups is 1. The molecule has 1 atom stereocenters. The molecule has 0 aromatic heterocycles. The highest BCUT2D eigenvalue weighted by Gasteiger charge is 2.30. The predicted octanol–water partition coefficient (Wildman–Crippen LogP) is 2.05. The summed E-state index contributed by atoms with van der Waals surface area (Å²) in [4.78, 5) is 0.311. The van der Waals surface area contributed by atoms with Crippen molar-refractivity contribution in [3.63, 3.8) is 0 Å². The highest BCUT2D eigenvalue weighted by molar-refractivity contribution is 7.89. The largest absolute Gasteiger partial charge is 0.394 e. The van der Waals surface area contributed by atoms with Gasteiger partial charge in [-0.1, -0.05) is 24.6 Å². The monoisotopic (exact) mass is 285 g/mol. The Balaban J connectivity index is 3.29. The molecule has 0 aliphatic carbocycles. The first-order chi connectivity index (χ1) is 8.65. The van der Waals surface area contributed by atoms with Crippen molar-refractivity contribution >= 4 is 10.0 Å². The first-order valence-corrected chi connectivity index (χ1v) is 7.86. The highest BCUT2D eigenvalue weighted by atomic mass is 32.2. The number of aryl methyl sites for hydroxylation is 3. The van der Waals surface area contributed by atoms with Crippen molar-refractivity contribution in [2.75, 3.05) is 6.61 Å². The SMILES string of the molecule is CCC(C)(CO)NS(=O)(=O)c1c(C)cc(C)cc1C. The van der Waals surface area contributed by atoms with Crippen molar-refractivity contribution in [2.24, 2.45) is 0 Å². The van der Waals surface area contributed by atoms with Crippen LogP contribution in [-0.4, -0.2) is 25.7 Å². The minimum absolute atomic E-state index is 0.229. The molecule has 0 aliphatic rings. The molecule has 0 heterocycles. The maximum atomic E-state index is 12.5. The van der Waals surface area contributed by atoms with Crippen LogP contribution in [0, 0.1) is 20.8 Å². The van der Waals surface area contributed by atoms with Crippen LogP contribution >= 0.6 is 0 Å². The fourth-order valence-corrected chi connectivity index (χ4v) is 4.11. The van der Waals surface area contributed by atoms with E-state index in [0.29, 0.717) is 11.3 Å². The summed E-state index contributed by atoms with van der Waals surface area (Å²) in [6.07, 6.45) is 0.521. The molecule has 0 saturated carbocycles. The molecule has 1 aromatic rings. The van der Waals surface area contributed by atoms with E-state index in [0.717, 1.165) is 16.7 Å². The van der Waals surface area contributed by atoms with E-state index in [1.54, 1.807) is 20.8 Å². The van der Waals surface area contributed by atoms with Crippen LogP contribution in [0.15, 0.2) is 17.0 Å². The molecule has 0 fully saturated rings. The van der Waals surface area contributed by atoms with Gasteiger partial charge >= 0.3 is 0 Å². The molecular weight excluding hydrogens is 262 g/mol. The molecule has 0 radical (unpaired) electrons. The minimum atomic E-state index is -3.63. The Labute approximate surface area is 115 Å². The molecule has 5 heteroatoms. The fourth-order valence-electron chi connectivity index (χ4n) is 2.18. The van der Waals surface area contributed by atoms with Gasteiger partial charge in [-0.25, -0.2) is 13.1 Å². The van der Waals surface area contributed by atoms with Crippen LogP contribution in [0.25, 0.3) is 0 Å². The van der Waals surface area contributed by atoms with E-state index in [4.69, 9.17) is 0 Å². The Morgan fingerprint density at radius 3 is 2.05 bits per heavy atom. The zero-order valence-corrected chi connectivity index (χ0v) is 13.1. The molecule has 1 unspecified atom stereocenters. The van der Waals surface area contributed by atoms with Gasteiger partial charge in [-0.3, -0.25) is 0 Å². The van der Waals surface area contributed by atoms with E-state index in [9.17, 15) is 13.5 Å². The minimum Gasteiger partial charge on any atom is -0.394 e. The van der Waals surface area contributed by atoms with Crippen LogP contribution in [-0.2, 0) is 10.0 Å². The lowest BCUT2D eigenvalue weighted by Gasteiger charge is -2.27. The van der Waals surface area contributed by atoms with Crippen LogP contribution in [0.3, 0.4) is 0 Å². The molecule has 0 aliphatic heterocycles. The van der Waals surface area contributed by atoms with Crippen molar-refractivity contribution in [3.05, 3.63) is 28.8 Å². The van der Waals surface area contributed by atoms with Crippen LogP contribution in [0.1, 0.15) is 37.0 Å². The molecule has 4 nitrogen and oxygen atoms in total. The predicted molar refractivity (Wildman–Crippen MR) is 76.8 cm³/mol. The summed E-state index contributed by atoms with van der Waals surface area (Å²) in [5.41, 5.74) is 1.65. The quantitative estimate of drug-likeness (QED) is 0.870. The number of nitrogens with one attached hydrogen (secondary N) is 1. The number of sulfonamides is 1. The Morgan fingerprint density at radius 1 is 1.21 bits per heavy atom. The van der Waals surface area contributed by atoms with Gasteiger partial charge in [0.2, 0.25) is 10.0 Å². The third kappa shape index (κ3) is 3.55. The molecule has 0 saturated heterocycles. The Bertz CT molecular complexity index is 537. The Kier molecular flexibility index (Phi) is 4.76. The van der Waals surface area contributed by atoms with Gasteiger partial charge in [0, 0.05) is 0 Å². The molecule has 108 valence electrons. The second-order valence-electron chi connectivity index (χ2n) is 5.41. The van der Waals surface area contributed by atoms with E-state index in [1.807, 2.05) is 26.0 Å². The average molecular weight is 285 g/mol. The third-order valence-corrected chi connectivity index (χ3v) is 5.33. The van der Waals surface area contributed by atoms with Gasteiger partial charge in [0.1, 0.15) is 0 Å². The molecule has 0 bridgehead atoms. The molecular formula is C14H23NO3S. The summed E-state index contributed by atoms with van der Waals surface area (Å²) >= 11 is 0. The van der Waals surface area contributed by atoms with Crippen molar-refractivity contribution in [1.29, 1.82) is 0 Å². The molecule has 1 aromatic carbocycles. The number of rotatable bonds is 5. The topological polar surface area (TPSA) is 66.4 Å². The lowest BCUT2D eigenvalue weighted by molar-refractivity contribution is 0.191. The number of hydrogen-bond acceptors (Lipinski definition) is 3. The van der Waals surface area contributed by atoms with Gasteiger partial charge in [-0.15, -0.1) is 0 Å². The van der Waals surface area contributed by atoms with E-state index in [-0.39, 0.29) is 6.61 Å².